The van der Waals surface area contributed by atoms with Crippen LogP contribution in [0.25, 0.3) is 0 Å². The first-order valence-corrected chi connectivity index (χ1v) is 5.41. The second-order valence-corrected chi connectivity index (χ2v) is 6.13. The number of hydrogen-bond acceptors (Lipinski definition) is 2. The van der Waals surface area contributed by atoms with Crippen molar-refractivity contribution in [3.63, 3.8) is 0 Å². The Bertz CT molecular complexity index is 123. The minimum Gasteiger partial charge on any atom is -0.328 e. The molecule has 0 bridgehead atoms. The van der Waals surface area contributed by atoms with Crippen molar-refractivity contribution in [3.8, 4) is 0 Å². The zero-order valence-electron chi connectivity index (χ0n) is 3.37. The lowest BCUT2D eigenvalue weighted by Crippen LogP contribution is -1.90. The predicted octanol–water partition coefficient (Wildman–Crippen LogP) is -0.521. The molecule has 5 nitrogen and oxygen atoms in total. The van der Waals surface area contributed by atoms with Gasteiger partial charge in [0.25, 0.3) is 0 Å². The van der Waals surface area contributed by atoms with Crippen LogP contribution in [0.15, 0.2) is 0 Å². The van der Waals surface area contributed by atoms with Gasteiger partial charge in [-0.15, -0.1) is 0 Å². The molecule has 0 spiro atoms. The summed E-state index contributed by atoms with van der Waals surface area (Å²) >= 11 is 0. The highest BCUT2D eigenvalue weighted by Crippen LogP contribution is 2.53. The molecule has 7 heteroatoms. The molecule has 0 aromatic carbocycles. The van der Waals surface area contributed by atoms with E-state index in [9.17, 15) is 9.13 Å². The van der Waals surface area contributed by atoms with Gasteiger partial charge in [0.2, 0.25) is 7.64 Å². The predicted molar refractivity (Wildman–Crippen MR) is 27.2 cm³/mol. The first kappa shape index (κ1) is 7.34. The molecule has 0 radical (unpaired) electrons. The summed E-state index contributed by atoms with van der Waals surface area (Å²) in [6, 6.07) is 0. The van der Waals surface area contributed by atoms with Crippen LogP contribution in [0.1, 0.15) is 0 Å². The van der Waals surface area contributed by atoms with Gasteiger partial charge in [0.15, 0.2) is 0 Å². The average Bonchev–Trinajstić information content (AvgIpc) is 1.31. The second-order valence-electron chi connectivity index (χ2n) is 0.961. The highest BCUT2D eigenvalue weighted by Gasteiger charge is 2.14. The van der Waals surface area contributed by atoms with Gasteiger partial charge in [-0.3, -0.25) is 20.1 Å². The van der Waals surface area contributed by atoms with Gasteiger partial charge >= 0.3 is 7.21 Å². The SMILES string of the molecule is N[PH](=O)P(N)(=O)O. The molecule has 2 atom stereocenters. The maximum atomic E-state index is 9.86. The first-order valence-electron chi connectivity index (χ1n) is 1.36. The van der Waals surface area contributed by atoms with Crippen LogP contribution in [0.3, 0.4) is 0 Å². The van der Waals surface area contributed by atoms with E-state index in [-0.39, 0.29) is 0 Å². The smallest absolute Gasteiger partial charge is 0.328 e. The summed E-state index contributed by atoms with van der Waals surface area (Å²) in [5.74, 6) is 0. The van der Waals surface area contributed by atoms with E-state index in [0.29, 0.717) is 0 Å². The lowest BCUT2D eigenvalue weighted by Gasteiger charge is -1.95. The molecule has 0 aromatic heterocycles. The molecule has 0 saturated heterocycles. The maximum absolute atomic E-state index is 9.86. The number of hydrogen-bond donors (Lipinski definition) is 3. The van der Waals surface area contributed by atoms with Crippen molar-refractivity contribution in [2.45, 2.75) is 0 Å². The fourth-order valence-electron chi connectivity index (χ4n) is 0. The number of nitrogens with two attached hydrogens (primary N) is 2. The summed E-state index contributed by atoms with van der Waals surface area (Å²) in [6.07, 6.45) is 0. The van der Waals surface area contributed by atoms with Gasteiger partial charge in [-0.05, 0) is 0 Å². The van der Waals surface area contributed by atoms with Gasteiger partial charge in [-0.2, -0.15) is 0 Å². The van der Waals surface area contributed by atoms with Crippen LogP contribution in [-0.2, 0) is 9.13 Å². The zero-order chi connectivity index (χ0) is 6.08. The van der Waals surface area contributed by atoms with Crippen LogP contribution in [0.4, 0.5) is 0 Å². The molecule has 0 fully saturated rings. The third-order valence-electron chi connectivity index (χ3n) is 0.316. The molecule has 2 unspecified atom stereocenters. The molecule has 0 saturated carbocycles. The van der Waals surface area contributed by atoms with Crippen LogP contribution in [0, 0.1) is 0 Å². The van der Waals surface area contributed by atoms with Crippen LogP contribution in [-0.4, -0.2) is 4.89 Å². The van der Waals surface area contributed by atoms with Gasteiger partial charge in [0.1, 0.15) is 0 Å². The third kappa shape index (κ3) is 2.97. The van der Waals surface area contributed by atoms with E-state index in [1.807, 2.05) is 0 Å². The highest BCUT2D eigenvalue weighted by molar-refractivity contribution is 8.22. The Morgan fingerprint density at radius 2 is 1.86 bits per heavy atom. The fourth-order valence-corrected chi connectivity index (χ4v) is 0. The topological polar surface area (TPSA) is 106 Å². The van der Waals surface area contributed by atoms with E-state index in [0.717, 1.165) is 0 Å². The molecule has 0 heterocycles. The molecule has 0 aromatic rings. The summed E-state index contributed by atoms with van der Waals surface area (Å²) in [7, 11) is -6.82. The lowest BCUT2D eigenvalue weighted by molar-refractivity contribution is 0.492. The van der Waals surface area contributed by atoms with Gasteiger partial charge in [0, 0.05) is 0 Å². The minimum absolute atomic E-state index is 2.91. The molecule has 5 N–H and O–H groups in total. The number of rotatable bonds is 1. The lowest BCUT2D eigenvalue weighted by atomic mass is 13.9. The molecule has 0 amide bonds. The van der Waals surface area contributed by atoms with Gasteiger partial charge in [0.05, 0.1) is 0 Å². The molecular weight excluding hydrogens is 138 g/mol. The fraction of sp³-hybridized carbons (Fsp3) is 0. The molecule has 0 aliphatic heterocycles. The van der Waals surface area contributed by atoms with Crippen LogP contribution in [0.5, 0.6) is 0 Å². The van der Waals surface area contributed by atoms with Crippen LogP contribution in [0.2, 0.25) is 0 Å². The van der Waals surface area contributed by atoms with Crippen molar-refractivity contribution in [1.82, 2.24) is 0 Å². The van der Waals surface area contributed by atoms with E-state index in [4.69, 9.17) is 4.89 Å². The summed E-state index contributed by atoms with van der Waals surface area (Å²) in [5, 5.41) is 0. The normalized spacial score (nSPS) is 23.3. The summed E-state index contributed by atoms with van der Waals surface area (Å²) in [5.41, 5.74) is 8.87. The van der Waals surface area contributed by atoms with Gasteiger partial charge in [-0.25, -0.2) is 0 Å². The van der Waals surface area contributed by atoms with Crippen LogP contribution >= 0.6 is 14.8 Å². The average molecular weight is 144 g/mol. The molecule has 0 aliphatic carbocycles. The highest BCUT2D eigenvalue weighted by atomic mass is 32.1. The summed E-state index contributed by atoms with van der Waals surface area (Å²) in [6.45, 7) is 0. The summed E-state index contributed by atoms with van der Waals surface area (Å²) < 4.78 is 19.6. The first-order chi connectivity index (χ1) is 2.94. The van der Waals surface area contributed by atoms with Gasteiger partial charge in [-0.1, -0.05) is 0 Å². The Balaban J connectivity index is 4.09. The standard InChI is InChI=1S/H6N2O3P2/c1-6(3)7(2,4)5/h6H,(H2,1,3)(H3,2,4,5). The van der Waals surface area contributed by atoms with Gasteiger partial charge < -0.3 is 4.89 Å². The van der Waals surface area contributed by atoms with Crippen molar-refractivity contribution in [2.24, 2.45) is 11.0 Å². The zero-order valence-corrected chi connectivity index (χ0v) is 5.26. The Labute approximate surface area is 40.9 Å². The second kappa shape index (κ2) is 2.07. The van der Waals surface area contributed by atoms with Crippen molar-refractivity contribution in [3.05, 3.63) is 0 Å². The minimum atomic E-state index is -3.91. The Morgan fingerprint density at radius 3 is 1.86 bits per heavy atom. The van der Waals surface area contributed by atoms with Crippen molar-refractivity contribution in [2.75, 3.05) is 0 Å². The molecule has 7 heavy (non-hydrogen) atoms. The molecular formula is H6N2O3P2. The van der Waals surface area contributed by atoms with Crippen molar-refractivity contribution in [1.29, 1.82) is 0 Å². The molecule has 0 rings (SSSR count). The Morgan fingerprint density at radius 1 is 1.71 bits per heavy atom. The van der Waals surface area contributed by atoms with E-state index in [1.54, 1.807) is 0 Å². The quantitative estimate of drug-likeness (QED) is 0.429. The summed E-state index contributed by atoms with van der Waals surface area (Å²) in [4.78, 5) is 8.04. The van der Waals surface area contributed by atoms with Crippen molar-refractivity contribution >= 4 is 14.8 Å². The van der Waals surface area contributed by atoms with E-state index >= 15 is 0 Å². The van der Waals surface area contributed by atoms with E-state index in [2.05, 4.69) is 11.0 Å². The van der Waals surface area contributed by atoms with E-state index in [1.165, 1.54) is 0 Å². The largest absolute Gasteiger partial charge is 0.331 e. The Kier molecular flexibility index (Phi) is 2.17. The molecule has 44 valence electrons. The van der Waals surface area contributed by atoms with E-state index < -0.39 is 14.8 Å². The Hall–Kier alpha value is 0.340. The third-order valence-corrected chi connectivity index (χ3v) is 2.84. The van der Waals surface area contributed by atoms with Crippen molar-refractivity contribution < 1.29 is 14.0 Å². The molecule has 0 aliphatic rings. The van der Waals surface area contributed by atoms with Crippen LogP contribution < -0.4 is 11.0 Å². The maximum Gasteiger partial charge on any atom is 0.331 e. The monoisotopic (exact) mass is 144 g/mol.